The third kappa shape index (κ3) is 2.55. The number of Topliss-reactive ketones (excluding diaryl/α,β-unsaturated/α-hetero) is 1. The molecule has 5 nitrogen and oxygen atoms in total. The molecule has 1 amide bonds. The summed E-state index contributed by atoms with van der Waals surface area (Å²) in [6.07, 6.45) is 5.85. The highest BCUT2D eigenvalue weighted by atomic mass is 32.1. The Morgan fingerprint density at radius 3 is 2.87 bits per heavy atom. The van der Waals surface area contributed by atoms with Gasteiger partial charge in [-0.1, -0.05) is 18.2 Å². The topological polar surface area (TPSA) is 74.8 Å². The molecule has 0 radical (unpaired) electrons. The molecule has 0 saturated carbocycles. The molecule has 2 heterocycles. The number of rotatable bonds is 3. The molecule has 6 heteroatoms. The quantitative estimate of drug-likeness (QED) is 0.573. The van der Waals surface area contributed by atoms with Crippen LogP contribution in [0.5, 0.6) is 0 Å². The number of para-hydroxylation sites is 1. The van der Waals surface area contributed by atoms with Crippen molar-refractivity contribution in [3.63, 3.8) is 0 Å². The van der Waals surface area contributed by atoms with Crippen LogP contribution in [-0.4, -0.2) is 21.7 Å². The molecule has 0 fully saturated rings. The molecule has 1 aromatic carbocycles. The van der Waals surface area contributed by atoms with Gasteiger partial charge in [0.05, 0.1) is 11.3 Å². The number of amides is 1. The number of benzene rings is 1. The molecule has 1 aliphatic carbocycles. The molecule has 2 aromatic heterocycles. The number of carbonyl (C=O) groups excluding carboxylic acids is 2. The lowest BCUT2D eigenvalue weighted by atomic mass is 10.0. The van der Waals surface area contributed by atoms with E-state index in [-0.39, 0.29) is 0 Å². The van der Waals surface area contributed by atoms with Crippen molar-refractivity contribution in [3.8, 4) is 0 Å². The number of nitrogens with zero attached hydrogens (tertiary/aromatic N) is 1. The van der Waals surface area contributed by atoms with Crippen molar-refractivity contribution in [3.05, 3.63) is 46.6 Å². The molecule has 1 aliphatic rings. The maximum atomic E-state index is 12.4. The highest BCUT2D eigenvalue weighted by Crippen LogP contribution is 2.29. The van der Waals surface area contributed by atoms with Gasteiger partial charge in [0.1, 0.15) is 0 Å². The summed E-state index contributed by atoms with van der Waals surface area (Å²) < 4.78 is 0. The van der Waals surface area contributed by atoms with E-state index in [9.17, 15) is 9.59 Å². The van der Waals surface area contributed by atoms with Crippen molar-refractivity contribution >= 4 is 39.1 Å². The fourth-order valence-corrected chi connectivity index (χ4v) is 3.99. The maximum absolute atomic E-state index is 12.4. The molecule has 0 spiro atoms. The zero-order valence-electron chi connectivity index (χ0n) is 12.4. The van der Waals surface area contributed by atoms with E-state index >= 15 is 0 Å². The third-order valence-electron chi connectivity index (χ3n) is 4.11. The Balaban J connectivity index is 1.57. The lowest BCUT2D eigenvalue weighted by Crippen LogP contribution is -2.22. The Morgan fingerprint density at radius 2 is 2.00 bits per heavy atom. The fourth-order valence-electron chi connectivity index (χ4n) is 2.94. The number of carbonyl (C=O) groups is 2. The Kier molecular flexibility index (Phi) is 3.46. The first-order valence-electron chi connectivity index (χ1n) is 7.63. The monoisotopic (exact) mass is 325 g/mol. The summed E-state index contributed by atoms with van der Waals surface area (Å²) in [6.45, 7) is 0. The number of fused-ring (bicyclic) bond motifs is 2. The summed E-state index contributed by atoms with van der Waals surface area (Å²) in [5.74, 6) is -1.18. The van der Waals surface area contributed by atoms with Crippen LogP contribution >= 0.6 is 11.3 Å². The van der Waals surface area contributed by atoms with Crippen LogP contribution in [0.2, 0.25) is 0 Å². The first kappa shape index (κ1) is 14.1. The zero-order valence-corrected chi connectivity index (χ0v) is 13.2. The number of hydrogen-bond donors (Lipinski definition) is 2. The normalized spacial score (nSPS) is 13.7. The van der Waals surface area contributed by atoms with Gasteiger partial charge in [0, 0.05) is 22.0 Å². The number of anilines is 1. The van der Waals surface area contributed by atoms with Crippen LogP contribution in [0, 0.1) is 0 Å². The summed E-state index contributed by atoms with van der Waals surface area (Å²) in [4.78, 5) is 33.4. The number of aromatic amines is 1. The van der Waals surface area contributed by atoms with E-state index in [1.165, 1.54) is 16.2 Å². The highest BCUT2D eigenvalue weighted by Gasteiger charge is 2.22. The van der Waals surface area contributed by atoms with Gasteiger partial charge in [-0.25, -0.2) is 4.98 Å². The van der Waals surface area contributed by atoms with E-state index in [2.05, 4.69) is 15.3 Å². The minimum atomic E-state index is -0.638. The molecule has 3 aromatic rings. The van der Waals surface area contributed by atoms with Crippen molar-refractivity contribution < 1.29 is 9.59 Å². The molecule has 0 atom stereocenters. The van der Waals surface area contributed by atoms with E-state index in [0.29, 0.717) is 10.7 Å². The molecule has 23 heavy (non-hydrogen) atoms. The predicted octanol–water partition coefficient (Wildman–Crippen LogP) is 3.32. The Hall–Kier alpha value is -2.47. The number of aromatic nitrogens is 2. The number of aryl methyl sites for hydroxylation is 2. The minimum Gasteiger partial charge on any atom is -0.360 e. The van der Waals surface area contributed by atoms with Crippen LogP contribution < -0.4 is 5.32 Å². The average molecular weight is 325 g/mol. The van der Waals surface area contributed by atoms with Crippen LogP contribution in [-0.2, 0) is 17.6 Å². The van der Waals surface area contributed by atoms with Crippen molar-refractivity contribution in [1.82, 2.24) is 9.97 Å². The molecular formula is C17H15N3O2S. The summed E-state index contributed by atoms with van der Waals surface area (Å²) in [7, 11) is 0. The Labute approximate surface area is 136 Å². The standard InChI is InChI=1S/C17H15N3O2S/c21-15(11-9-18-12-6-2-1-5-10(11)12)16(22)20-17-19-13-7-3-4-8-14(13)23-17/h1-2,5-6,9,18H,3-4,7-8H2,(H,19,20,22). The summed E-state index contributed by atoms with van der Waals surface area (Å²) >= 11 is 1.48. The van der Waals surface area contributed by atoms with Crippen molar-refractivity contribution in [1.29, 1.82) is 0 Å². The van der Waals surface area contributed by atoms with Gasteiger partial charge in [-0.05, 0) is 31.7 Å². The average Bonchev–Trinajstić information content (AvgIpc) is 3.17. The number of thiazole rings is 1. The number of H-pyrrole nitrogens is 1. The van der Waals surface area contributed by atoms with Crippen molar-refractivity contribution in [2.75, 3.05) is 5.32 Å². The zero-order chi connectivity index (χ0) is 15.8. The second kappa shape index (κ2) is 5.62. The van der Waals surface area contributed by atoms with E-state index < -0.39 is 11.7 Å². The summed E-state index contributed by atoms with van der Waals surface area (Å²) in [6, 6.07) is 7.43. The Morgan fingerprint density at radius 1 is 1.17 bits per heavy atom. The van der Waals surface area contributed by atoms with Gasteiger partial charge in [-0.15, -0.1) is 11.3 Å². The van der Waals surface area contributed by atoms with Crippen LogP contribution in [0.25, 0.3) is 10.9 Å². The van der Waals surface area contributed by atoms with Gasteiger partial charge in [0.15, 0.2) is 5.13 Å². The third-order valence-corrected chi connectivity index (χ3v) is 5.18. The van der Waals surface area contributed by atoms with E-state index in [1.54, 1.807) is 6.20 Å². The van der Waals surface area contributed by atoms with Crippen molar-refractivity contribution in [2.24, 2.45) is 0 Å². The van der Waals surface area contributed by atoms with Gasteiger partial charge in [-0.3, -0.25) is 14.9 Å². The minimum absolute atomic E-state index is 0.388. The molecule has 116 valence electrons. The lowest BCUT2D eigenvalue weighted by molar-refractivity contribution is -0.112. The van der Waals surface area contributed by atoms with Gasteiger partial charge in [0.2, 0.25) is 0 Å². The summed E-state index contributed by atoms with van der Waals surface area (Å²) in [5.41, 5.74) is 2.30. The smallest absolute Gasteiger partial charge is 0.298 e. The lowest BCUT2D eigenvalue weighted by Gasteiger charge is -2.06. The highest BCUT2D eigenvalue weighted by molar-refractivity contribution is 7.16. The van der Waals surface area contributed by atoms with Gasteiger partial charge >= 0.3 is 0 Å². The molecule has 0 saturated heterocycles. The Bertz CT molecular complexity index is 886. The first-order chi connectivity index (χ1) is 11.2. The van der Waals surface area contributed by atoms with Gasteiger partial charge in [-0.2, -0.15) is 0 Å². The molecule has 2 N–H and O–H groups in total. The summed E-state index contributed by atoms with van der Waals surface area (Å²) in [5, 5.41) is 3.94. The molecule has 0 unspecified atom stereocenters. The molecule has 0 bridgehead atoms. The van der Waals surface area contributed by atoms with Crippen LogP contribution in [0.4, 0.5) is 5.13 Å². The predicted molar refractivity (Wildman–Crippen MR) is 90.0 cm³/mol. The number of nitrogens with one attached hydrogen (secondary N) is 2. The van der Waals surface area contributed by atoms with E-state index in [4.69, 9.17) is 0 Å². The second-order valence-corrected chi connectivity index (χ2v) is 6.71. The van der Waals surface area contributed by atoms with Crippen LogP contribution in [0.1, 0.15) is 33.8 Å². The number of hydrogen-bond acceptors (Lipinski definition) is 4. The van der Waals surface area contributed by atoms with Gasteiger partial charge < -0.3 is 4.98 Å². The largest absolute Gasteiger partial charge is 0.360 e. The first-order valence-corrected chi connectivity index (χ1v) is 8.44. The van der Waals surface area contributed by atoms with Gasteiger partial charge in [0.25, 0.3) is 11.7 Å². The SMILES string of the molecule is O=C(Nc1nc2c(s1)CCCC2)C(=O)c1c[nH]c2ccccc12. The van der Waals surface area contributed by atoms with E-state index in [1.807, 2.05) is 24.3 Å². The molecule has 0 aliphatic heterocycles. The van der Waals surface area contributed by atoms with Crippen LogP contribution in [0.3, 0.4) is 0 Å². The van der Waals surface area contributed by atoms with Crippen molar-refractivity contribution in [2.45, 2.75) is 25.7 Å². The van der Waals surface area contributed by atoms with Crippen LogP contribution in [0.15, 0.2) is 30.5 Å². The fraction of sp³-hybridized carbons (Fsp3) is 0.235. The second-order valence-electron chi connectivity index (χ2n) is 5.63. The molecular weight excluding hydrogens is 310 g/mol. The van der Waals surface area contributed by atoms with E-state index in [0.717, 1.165) is 42.3 Å². The number of ketones is 1. The molecule has 4 rings (SSSR count). The maximum Gasteiger partial charge on any atom is 0.298 e.